The van der Waals surface area contributed by atoms with E-state index in [0.29, 0.717) is 11.3 Å². The molecule has 0 aliphatic carbocycles. The fourth-order valence-corrected chi connectivity index (χ4v) is 1.73. The first-order valence-electron chi connectivity index (χ1n) is 5.65. The Bertz CT molecular complexity index is 658. The predicted octanol–water partition coefficient (Wildman–Crippen LogP) is 1.62. The summed E-state index contributed by atoms with van der Waals surface area (Å²) >= 11 is 0.960. The van der Waals surface area contributed by atoms with Crippen molar-refractivity contribution in [1.82, 2.24) is 9.36 Å². The number of ether oxygens (including phenoxy) is 1. The van der Waals surface area contributed by atoms with E-state index in [2.05, 4.69) is 19.4 Å². The van der Waals surface area contributed by atoms with Gasteiger partial charge in [-0.05, 0) is 12.1 Å². The van der Waals surface area contributed by atoms with Gasteiger partial charge in [0.25, 0.3) is 5.19 Å². The summed E-state index contributed by atoms with van der Waals surface area (Å²) in [6.45, 7) is 0. The van der Waals surface area contributed by atoms with E-state index in [1.54, 1.807) is 24.3 Å². The number of oxime groups is 1. The van der Waals surface area contributed by atoms with Gasteiger partial charge in [0.15, 0.2) is 5.71 Å². The molecule has 2 rings (SSSR count). The molecule has 0 bridgehead atoms. The molecular weight excluding hydrogens is 266 g/mol. The summed E-state index contributed by atoms with van der Waals surface area (Å²) in [4.78, 5) is 8.48. The van der Waals surface area contributed by atoms with Crippen LogP contribution in [0, 0.1) is 5.41 Å². The van der Waals surface area contributed by atoms with Crippen molar-refractivity contribution in [2.24, 2.45) is 10.9 Å². The van der Waals surface area contributed by atoms with Crippen LogP contribution in [0.1, 0.15) is 6.93 Å². The number of nitrogens with zero attached hydrogens (tertiary/aromatic N) is 3. The maximum absolute atomic E-state index is 7.53. The second kappa shape index (κ2) is 5.91. The first kappa shape index (κ1) is 11.6. The molecule has 1 aromatic heterocycles. The maximum Gasteiger partial charge on any atom is 0.298 e. The number of para-hydroxylation sites is 1. The topological polar surface area (TPSA) is 106 Å². The second-order valence-corrected chi connectivity index (χ2v) is 4.01. The molecule has 1 aromatic carbocycles. The molecule has 7 nitrogen and oxygen atoms in total. The van der Waals surface area contributed by atoms with E-state index in [1.165, 1.54) is 7.11 Å². The minimum absolute atomic E-state index is 0.111. The van der Waals surface area contributed by atoms with E-state index in [0.717, 1.165) is 11.5 Å². The predicted molar refractivity (Wildman–Crippen MR) is 71.9 cm³/mol. The largest absolute Gasteiger partial charge is 0.429 e. The number of rotatable bonds is 5. The lowest BCUT2D eigenvalue weighted by atomic mass is 10.1. The monoisotopic (exact) mass is 278 g/mol. The zero-order valence-electron chi connectivity index (χ0n) is 11.0. The molecule has 19 heavy (non-hydrogen) atoms. The Balaban J connectivity index is 2.39. The molecular formula is C11H11N5O2S. The number of nitrogens with two attached hydrogens (primary N) is 1. The van der Waals surface area contributed by atoms with Gasteiger partial charge in [0.2, 0.25) is 0 Å². The minimum atomic E-state index is -0.249. The third kappa shape index (κ3) is 3.05. The molecule has 98 valence electrons. The first-order valence-corrected chi connectivity index (χ1v) is 5.92. The van der Waals surface area contributed by atoms with E-state index >= 15 is 0 Å². The number of amidine groups is 1. The van der Waals surface area contributed by atoms with Crippen LogP contribution in [0.4, 0.5) is 0 Å². The van der Waals surface area contributed by atoms with Gasteiger partial charge < -0.3 is 15.3 Å². The fraction of sp³-hybridized carbons (Fsp3) is 0.0909. The number of nitrogens with one attached hydrogen (secondary N) is 1. The Morgan fingerprint density at radius 1 is 1.53 bits per heavy atom. The van der Waals surface area contributed by atoms with Gasteiger partial charge in [0.05, 0.1) is 5.56 Å². The van der Waals surface area contributed by atoms with Gasteiger partial charge in [-0.2, -0.15) is 9.36 Å². The van der Waals surface area contributed by atoms with Crippen molar-refractivity contribution >= 4 is 23.1 Å². The molecule has 0 saturated carbocycles. The lowest BCUT2D eigenvalue weighted by Gasteiger charge is -2.09. The van der Waals surface area contributed by atoms with Crippen molar-refractivity contribution in [2.45, 2.75) is 0 Å². The molecule has 0 saturated heterocycles. The third-order valence-corrected chi connectivity index (χ3v) is 2.59. The molecule has 0 atom stereocenters. The third-order valence-electron chi connectivity index (χ3n) is 2.08. The number of aromatic nitrogens is 2. The number of hydrogen-bond acceptors (Lipinski definition) is 7. The van der Waals surface area contributed by atoms with E-state index in [9.17, 15) is 0 Å². The SMILES string of the molecule is [2H]c1nsc(Oc2ccccc2C(=NOC)C(=N)N)n1. The van der Waals surface area contributed by atoms with Gasteiger partial charge in [-0.3, -0.25) is 5.41 Å². The zero-order valence-corrected chi connectivity index (χ0v) is 10.8. The van der Waals surface area contributed by atoms with Crippen LogP contribution in [0.15, 0.2) is 35.7 Å². The van der Waals surface area contributed by atoms with Crippen LogP contribution in [-0.2, 0) is 4.84 Å². The maximum atomic E-state index is 7.53. The molecule has 8 heteroatoms. The van der Waals surface area contributed by atoms with Gasteiger partial charge in [-0.25, -0.2) is 0 Å². The van der Waals surface area contributed by atoms with Gasteiger partial charge in [0.1, 0.15) is 26.4 Å². The van der Waals surface area contributed by atoms with Crippen LogP contribution in [-0.4, -0.2) is 28.0 Å². The lowest BCUT2D eigenvalue weighted by molar-refractivity contribution is 0.214. The van der Waals surface area contributed by atoms with Crippen LogP contribution in [0.3, 0.4) is 0 Å². The van der Waals surface area contributed by atoms with E-state index in [4.69, 9.17) is 17.3 Å². The van der Waals surface area contributed by atoms with Crippen molar-refractivity contribution in [3.8, 4) is 10.9 Å². The highest BCUT2D eigenvalue weighted by Crippen LogP contribution is 2.26. The molecule has 0 aliphatic heterocycles. The van der Waals surface area contributed by atoms with Crippen molar-refractivity contribution in [3.05, 3.63) is 36.1 Å². The zero-order chi connectivity index (χ0) is 14.5. The highest BCUT2D eigenvalue weighted by atomic mass is 32.1. The Morgan fingerprint density at radius 2 is 2.32 bits per heavy atom. The average Bonchev–Trinajstić information content (AvgIpc) is 2.82. The van der Waals surface area contributed by atoms with Gasteiger partial charge in [-0.1, -0.05) is 17.3 Å². The summed E-state index contributed by atoms with van der Waals surface area (Å²) < 4.78 is 16.5. The first-order chi connectivity index (χ1) is 9.61. The summed E-state index contributed by atoms with van der Waals surface area (Å²) in [6.07, 6.45) is -0.111. The highest BCUT2D eigenvalue weighted by molar-refractivity contribution is 7.07. The molecule has 0 spiro atoms. The Morgan fingerprint density at radius 3 is 2.95 bits per heavy atom. The molecule has 0 amide bonds. The van der Waals surface area contributed by atoms with Crippen LogP contribution in [0.5, 0.6) is 10.9 Å². The van der Waals surface area contributed by atoms with Crippen LogP contribution in [0.25, 0.3) is 0 Å². The van der Waals surface area contributed by atoms with Crippen LogP contribution in [0.2, 0.25) is 0 Å². The summed E-state index contributed by atoms with van der Waals surface area (Å²) in [6, 6.07) is 6.88. The summed E-state index contributed by atoms with van der Waals surface area (Å²) in [5.41, 5.74) is 6.12. The highest BCUT2D eigenvalue weighted by Gasteiger charge is 2.15. The lowest BCUT2D eigenvalue weighted by Crippen LogP contribution is -2.24. The molecule has 0 aliphatic rings. The summed E-state index contributed by atoms with van der Waals surface area (Å²) in [5.74, 6) is 0.149. The second-order valence-electron chi connectivity index (χ2n) is 3.29. The molecule has 0 radical (unpaired) electrons. The molecule has 3 N–H and O–H groups in total. The summed E-state index contributed by atoms with van der Waals surface area (Å²) in [7, 11) is 1.36. The number of benzene rings is 1. The van der Waals surface area contributed by atoms with E-state index < -0.39 is 0 Å². The Hall–Kier alpha value is -2.48. The average molecular weight is 278 g/mol. The normalized spacial score (nSPS) is 11.8. The van der Waals surface area contributed by atoms with E-state index in [-0.39, 0.29) is 23.0 Å². The molecule has 0 fully saturated rings. The fourth-order valence-electron chi connectivity index (χ4n) is 1.36. The standard InChI is InChI=1S/C11H11N5O2S/c1-17-16-9(10(12)13)7-4-2-3-5-8(7)18-11-14-6-15-19-11/h2-6H,1H3,(H3,12,13)/i6D. The van der Waals surface area contributed by atoms with E-state index in [1.807, 2.05) is 0 Å². The van der Waals surface area contributed by atoms with Crippen molar-refractivity contribution < 1.29 is 10.9 Å². The minimum Gasteiger partial charge on any atom is -0.429 e. The van der Waals surface area contributed by atoms with Crippen molar-refractivity contribution in [1.29, 1.82) is 5.41 Å². The van der Waals surface area contributed by atoms with Crippen LogP contribution < -0.4 is 10.5 Å². The number of hydrogen-bond donors (Lipinski definition) is 2. The Kier molecular flexibility index (Phi) is 3.61. The van der Waals surface area contributed by atoms with Gasteiger partial charge >= 0.3 is 0 Å². The summed E-state index contributed by atoms with van der Waals surface area (Å²) in [5, 5.41) is 11.5. The van der Waals surface area contributed by atoms with Crippen molar-refractivity contribution in [3.63, 3.8) is 0 Å². The quantitative estimate of drug-likeness (QED) is 0.491. The van der Waals surface area contributed by atoms with Gasteiger partial charge in [-0.15, -0.1) is 0 Å². The van der Waals surface area contributed by atoms with Crippen molar-refractivity contribution in [2.75, 3.05) is 7.11 Å². The molecule has 0 unspecified atom stereocenters. The van der Waals surface area contributed by atoms with Crippen LogP contribution >= 0.6 is 11.5 Å². The Labute approximate surface area is 114 Å². The van der Waals surface area contributed by atoms with Gasteiger partial charge in [0, 0.05) is 11.5 Å². The molecule has 2 aromatic rings. The molecule has 1 heterocycles. The smallest absolute Gasteiger partial charge is 0.298 e.